The summed E-state index contributed by atoms with van der Waals surface area (Å²) < 4.78 is 62.1. The monoisotopic (exact) mass is 236 g/mol. The second-order valence-electron chi connectivity index (χ2n) is 2.25. The van der Waals surface area contributed by atoms with Gasteiger partial charge in [0.15, 0.2) is 23.3 Å². The summed E-state index contributed by atoms with van der Waals surface area (Å²) in [6.45, 7) is 0. The van der Waals surface area contributed by atoms with Crippen LogP contribution in [0.1, 0.15) is 10.4 Å². The summed E-state index contributed by atoms with van der Waals surface area (Å²) >= 11 is 0. The number of halogens is 5. The van der Waals surface area contributed by atoms with Crippen LogP contribution in [0.2, 0.25) is 0 Å². The molecule has 15 heavy (non-hydrogen) atoms. The third-order valence-corrected chi connectivity index (χ3v) is 1.42. The first-order valence-electron chi connectivity index (χ1n) is 3.12. The first-order valence-corrected chi connectivity index (χ1v) is 3.12. The van der Waals surface area contributed by atoms with Gasteiger partial charge in [-0.05, 0) is 0 Å². The Bertz CT molecular complexity index is 391. The van der Waals surface area contributed by atoms with Crippen LogP contribution in [-0.2, 0) is 0 Å². The summed E-state index contributed by atoms with van der Waals surface area (Å²) in [6.07, 6.45) is 0. The second-order valence-corrected chi connectivity index (χ2v) is 2.25. The van der Waals surface area contributed by atoms with Crippen molar-refractivity contribution >= 4 is 35.5 Å². The molecule has 0 heterocycles. The molecule has 0 aliphatic rings. The van der Waals surface area contributed by atoms with Crippen LogP contribution in [0.5, 0.6) is 0 Å². The van der Waals surface area contributed by atoms with Crippen LogP contribution in [0.4, 0.5) is 22.0 Å². The van der Waals surface area contributed by atoms with Gasteiger partial charge in [-0.25, -0.2) is 26.7 Å². The van der Waals surface area contributed by atoms with E-state index in [1.807, 2.05) is 0 Å². The number of hydrogen-bond acceptors (Lipinski definition) is 1. The molecule has 0 bridgehead atoms. The summed E-state index contributed by atoms with van der Waals surface area (Å²) in [5.41, 5.74) is -1.86. The van der Waals surface area contributed by atoms with Crippen LogP contribution in [0.3, 0.4) is 0 Å². The molecule has 0 radical (unpaired) electrons. The molecule has 1 N–H and O–H groups in total. The van der Waals surface area contributed by atoms with Gasteiger partial charge in [-0.3, -0.25) is 0 Å². The van der Waals surface area contributed by atoms with Gasteiger partial charge >= 0.3 is 35.5 Å². The Kier molecular flexibility index (Phi) is 4.69. The van der Waals surface area contributed by atoms with Gasteiger partial charge < -0.3 is 5.11 Å². The van der Waals surface area contributed by atoms with Gasteiger partial charge in [-0.15, -0.1) is 0 Å². The van der Waals surface area contributed by atoms with Gasteiger partial charge in [0.05, 0.1) is 0 Å². The zero-order chi connectivity index (χ0) is 11.0. The Morgan fingerprint density at radius 2 is 1.07 bits per heavy atom. The van der Waals surface area contributed by atoms with E-state index in [-0.39, 0.29) is 29.6 Å². The van der Waals surface area contributed by atoms with Crippen molar-refractivity contribution in [3.63, 3.8) is 0 Å². The van der Waals surface area contributed by atoms with Crippen molar-refractivity contribution in [1.29, 1.82) is 0 Å². The zero-order valence-electron chi connectivity index (χ0n) is 6.25. The van der Waals surface area contributed by atoms with Crippen molar-refractivity contribution in [3.05, 3.63) is 34.6 Å². The Labute approximate surface area is 102 Å². The first kappa shape index (κ1) is 14.3. The van der Waals surface area contributed by atoms with E-state index < -0.39 is 40.6 Å². The minimum absolute atomic E-state index is 0. The molecule has 0 fully saturated rings. The van der Waals surface area contributed by atoms with Gasteiger partial charge in [0, 0.05) is 0 Å². The molecule has 0 aromatic heterocycles. The maximum atomic E-state index is 12.6. The minimum atomic E-state index is -2.38. The van der Waals surface area contributed by atoms with Crippen molar-refractivity contribution in [1.82, 2.24) is 0 Å². The van der Waals surface area contributed by atoms with E-state index in [2.05, 4.69) is 0 Å². The quantitative estimate of drug-likeness (QED) is 0.346. The van der Waals surface area contributed by atoms with E-state index in [4.69, 9.17) is 5.11 Å². The maximum absolute atomic E-state index is 12.6. The molecule has 0 saturated carbocycles. The van der Waals surface area contributed by atoms with Gasteiger partial charge in [0.1, 0.15) is 5.56 Å². The van der Waals surface area contributed by atoms with E-state index in [0.29, 0.717) is 0 Å². The predicted molar refractivity (Wildman–Crippen MR) is 40.3 cm³/mol. The van der Waals surface area contributed by atoms with Gasteiger partial charge in [0.25, 0.3) is 0 Å². The van der Waals surface area contributed by atoms with Crippen LogP contribution >= 0.6 is 0 Å². The third kappa shape index (κ3) is 2.30. The molecule has 1 aromatic rings. The molecule has 1 aromatic carbocycles. The average Bonchev–Trinajstić information content (AvgIpc) is 2.11. The van der Waals surface area contributed by atoms with Crippen LogP contribution in [0.25, 0.3) is 0 Å². The normalized spacial score (nSPS) is 9.67. The number of carboxylic acids is 1. The fourth-order valence-electron chi connectivity index (χ4n) is 0.793. The van der Waals surface area contributed by atoms with Crippen LogP contribution in [0.15, 0.2) is 0 Å². The Balaban J connectivity index is 0.00000196. The fraction of sp³-hybridized carbons (Fsp3) is 0. The zero-order valence-corrected chi connectivity index (χ0v) is 6.25. The summed E-state index contributed by atoms with van der Waals surface area (Å²) in [5, 5.41) is 8.15. The van der Waals surface area contributed by atoms with Crippen LogP contribution in [0, 0.1) is 29.1 Å². The fourth-order valence-corrected chi connectivity index (χ4v) is 0.793. The van der Waals surface area contributed by atoms with E-state index in [9.17, 15) is 26.7 Å². The van der Waals surface area contributed by atoms with E-state index in [0.717, 1.165) is 0 Å². The molecular formula is C7H2F5NaO2. The summed E-state index contributed by atoms with van der Waals surface area (Å²) in [4.78, 5) is 10.1. The number of benzene rings is 1. The molecule has 0 spiro atoms. The molecule has 0 amide bonds. The van der Waals surface area contributed by atoms with Crippen molar-refractivity contribution < 1.29 is 31.9 Å². The van der Waals surface area contributed by atoms with E-state index in [1.165, 1.54) is 0 Å². The van der Waals surface area contributed by atoms with Gasteiger partial charge in [-0.1, -0.05) is 0 Å². The Morgan fingerprint density at radius 1 is 0.800 bits per heavy atom. The number of hydrogen-bond donors (Lipinski definition) is 1. The molecule has 0 atom stereocenters. The van der Waals surface area contributed by atoms with Crippen molar-refractivity contribution in [2.45, 2.75) is 0 Å². The topological polar surface area (TPSA) is 37.3 Å². The standard InChI is InChI=1S/C7HF5O2.Na.H/c8-2-1(7(13)14)3(9)5(11)6(12)4(2)10;;/h(H,13,14);;. The molecule has 0 aliphatic carbocycles. The van der Waals surface area contributed by atoms with Crippen LogP contribution in [-0.4, -0.2) is 40.6 Å². The SMILES string of the molecule is O=C(O)c1c(F)c(F)c(F)c(F)c1F.[NaH]. The van der Waals surface area contributed by atoms with Crippen molar-refractivity contribution in [2.24, 2.45) is 0 Å². The van der Waals surface area contributed by atoms with Gasteiger partial charge in [-0.2, -0.15) is 0 Å². The second kappa shape index (κ2) is 4.91. The molecule has 78 valence electrons. The number of carboxylic acid groups (broad SMARTS) is 1. The first-order chi connectivity index (χ1) is 6.37. The Morgan fingerprint density at radius 3 is 1.33 bits per heavy atom. The van der Waals surface area contributed by atoms with E-state index >= 15 is 0 Å². The summed E-state index contributed by atoms with van der Waals surface area (Å²) in [7, 11) is 0. The predicted octanol–water partition coefficient (Wildman–Crippen LogP) is 1.43. The Hall–Kier alpha value is -0.660. The molecular weight excluding hydrogens is 234 g/mol. The third-order valence-electron chi connectivity index (χ3n) is 1.42. The number of rotatable bonds is 1. The van der Waals surface area contributed by atoms with Crippen LogP contribution < -0.4 is 0 Å². The molecule has 0 aliphatic heterocycles. The molecule has 1 rings (SSSR count). The van der Waals surface area contributed by atoms with Crippen molar-refractivity contribution in [2.75, 3.05) is 0 Å². The van der Waals surface area contributed by atoms with Gasteiger partial charge in [0.2, 0.25) is 5.82 Å². The number of aromatic carboxylic acids is 1. The summed E-state index contributed by atoms with van der Waals surface area (Å²) in [6, 6.07) is 0. The van der Waals surface area contributed by atoms with E-state index in [1.54, 1.807) is 0 Å². The molecule has 0 unspecified atom stereocenters. The number of carbonyl (C=O) groups is 1. The van der Waals surface area contributed by atoms with Crippen molar-refractivity contribution in [3.8, 4) is 0 Å². The summed E-state index contributed by atoms with van der Waals surface area (Å²) in [5.74, 6) is -13.9. The molecule has 8 heteroatoms. The molecule has 2 nitrogen and oxygen atoms in total. The average molecular weight is 236 g/mol. The molecule has 0 saturated heterocycles.